The molecule has 0 amide bonds. The molecule has 0 saturated carbocycles. The summed E-state index contributed by atoms with van der Waals surface area (Å²) < 4.78 is 16.3. The highest BCUT2D eigenvalue weighted by molar-refractivity contribution is 7.85. The van der Waals surface area contributed by atoms with Crippen LogP contribution in [0, 0.1) is 0 Å². The minimum atomic E-state index is -0.688. The van der Waals surface area contributed by atoms with Gasteiger partial charge in [0.25, 0.3) is 0 Å². The summed E-state index contributed by atoms with van der Waals surface area (Å²) in [5.74, 6) is 1.61. The molecule has 0 spiro atoms. The fraction of sp³-hybridized carbons (Fsp3) is 0.538. The minimum Gasteiger partial charge on any atom is -0.462 e. The second kappa shape index (κ2) is 6.65. The Morgan fingerprint density at radius 1 is 1.53 bits per heavy atom. The van der Waals surface area contributed by atoms with Crippen LogP contribution in [-0.2, 0) is 15.5 Å². The van der Waals surface area contributed by atoms with Crippen molar-refractivity contribution in [3.8, 4) is 0 Å². The number of ether oxygens (including phenoxy) is 1. The quantitative estimate of drug-likeness (QED) is 0.849. The number of esters is 1. The van der Waals surface area contributed by atoms with Gasteiger partial charge in [0.05, 0.1) is 6.61 Å². The molecule has 0 aromatic carbocycles. The second-order valence-corrected chi connectivity index (χ2v) is 6.08. The summed E-state index contributed by atoms with van der Waals surface area (Å²) >= 11 is 0. The van der Waals surface area contributed by atoms with E-state index in [2.05, 4.69) is 10.3 Å². The zero-order chi connectivity index (χ0) is 13.7. The van der Waals surface area contributed by atoms with E-state index in [4.69, 9.17) is 4.74 Å². The van der Waals surface area contributed by atoms with E-state index in [9.17, 15) is 9.00 Å². The van der Waals surface area contributed by atoms with Crippen LogP contribution in [0.5, 0.6) is 0 Å². The molecular formula is C13H18N2O3S. The summed E-state index contributed by atoms with van der Waals surface area (Å²) in [7, 11) is -0.688. The van der Waals surface area contributed by atoms with Gasteiger partial charge in [-0.25, -0.2) is 9.78 Å². The normalized spacial score (nSPS) is 22.8. The van der Waals surface area contributed by atoms with Gasteiger partial charge >= 0.3 is 5.97 Å². The number of rotatable bonds is 4. The number of pyridine rings is 1. The third kappa shape index (κ3) is 3.76. The second-order valence-electron chi connectivity index (χ2n) is 4.39. The molecule has 0 unspecified atom stereocenters. The molecule has 1 N–H and O–H groups in total. The maximum atomic E-state index is 11.8. The highest BCUT2D eigenvalue weighted by Gasteiger charge is 2.20. The van der Waals surface area contributed by atoms with E-state index in [1.54, 1.807) is 25.3 Å². The first kappa shape index (κ1) is 14.0. The maximum absolute atomic E-state index is 11.8. The zero-order valence-electron chi connectivity index (χ0n) is 10.9. The van der Waals surface area contributed by atoms with E-state index in [-0.39, 0.29) is 12.0 Å². The number of nitrogens with one attached hydrogen (secondary N) is 1. The lowest BCUT2D eigenvalue weighted by Gasteiger charge is -2.23. The Kier molecular flexibility index (Phi) is 4.90. The number of carbonyl (C=O) groups excluding carboxylic acids is 1. The fourth-order valence-electron chi connectivity index (χ4n) is 2.03. The van der Waals surface area contributed by atoms with Gasteiger partial charge in [-0.1, -0.05) is 0 Å². The lowest BCUT2D eigenvalue weighted by atomic mass is 10.1. The number of aromatic nitrogens is 1. The van der Waals surface area contributed by atoms with Gasteiger partial charge in [-0.3, -0.25) is 4.21 Å². The van der Waals surface area contributed by atoms with Gasteiger partial charge in [0.15, 0.2) is 0 Å². The van der Waals surface area contributed by atoms with E-state index in [0.29, 0.717) is 29.5 Å². The molecule has 2 rings (SSSR count). The summed E-state index contributed by atoms with van der Waals surface area (Å²) in [5.41, 5.74) is 0.455. The van der Waals surface area contributed by atoms with Gasteiger partial charge in [-0.15, -0.1) is 0 Å². The van der Waals surface area contributed by atoms with Gasteiger partial charge in [-0.2, -0.15) is 0 Å². The standard InChI is InChI=1S/C13H18N2O3S/c1-2-18-13(16)11-4-3-7-14-12(11)15-10-5-8-19(17)9-6-10/h3-4,7,10H,2,5-6,8-9H2,1H3,(H,14,15). The SMILES string of the molecule is CCOC(=O)c1cccnc1NC1CCS(=O)CC1. The predicted molar refractivity (Wildman–Crippen MR) is 74.7 cm³/mol. The molecule has 1 aromatic heterocycles. The first-order valence-corrected chi connectivity index (χ1v) is 7.93. The Morgan fingerprint density at radius 3 is 2.95 bits per heavy atom. The molecule has 1 aliphatic heterocycles. The van der Waals surface area contributed by atoms with Crippen molar-refractivity contribution >= 4 is 22.6 Å². The third-order valence-electron chi connectivity index (χ3n) is 3.03. The van der Waals surface area contributed by atoms with Crippen LogP contribution < -0.4 is 5.32 Å². The van der Waals surface area contributed by atoms with Crippen molar-refractivity contribution in [2.24, 2.45) is 0 Å². The topological polar surface area (TPSA) is 68.3 Å². The van der Waals surface area contributed by atoms with E-state index >= 15 is 0 Å². The van der Waals surface area contributed by atoms with Crippen LogP contribution in [0.15, 0.2) is 18.3 Å². The highest BCUT2D eigenvalue weighted by Crippen LogP contribution is 2.18. The fourth-order valence-corrected chi connectivity index (χ4v) is 3.32. The molecule has 1 aromatic rings. The Morgan fingerprint density at radius 2 is 2.26 bits per heavy atom. The molecular weight excluding hydrogens is 264 g/mol. The summed E-state index contributed by atoms with van der Waals surface area (Å²) in [6.07, 6.45) is 3.32. The monoisotopic (exact) mass is 282 g/mol. The van der Waals surface area contributed by atoms with Crippen molar-refractivity contribution in [1.82, 2.24) is 4.98 Å². The van der Waals surface area contributed by atoms with Crippen molar-refractivity contribution in [1.29, 1.82) is 0 Å². The van der Waals surface area contributed by atoms with Gasteiger partial charge < -0.3 is 10.1 Å². The lowest BCUT2D eigenvalue weighted by Crippen LogP contribution is -2.30. The average Bonchev–Trinajstić information content (AvgIpc) is 2.42. The van der Waals surface area contributed by atoms with E-state index in [0.717, 1.165) is 12.8 Å². The molecule has 104 valence electrons. The maximum Gasteiger partial charge on any atom is 0.341 e. The highest BCUT2D eigenvalue weighted by atomic mass is 32.2. The smallest absolute Gasteiger partial charge is 0.341 e. The van der Waals surface area contributed by atoms with E-state index in [1.807, 2.05) is 0 Å². The van der Waals surface area contributed by atoms with Crippen molar-refractivity contribution in [2.75, 3.05) is 23.4 Å². The Balaban J connectivity index is 2.07. The van der Waals surface area contributed by atoms with Gasteiger partial charge in [0.1, 0.15) is 11.4 Å². The zero-order valence-corrected chi connectivity index (χ0v) is 11.7. The van der Waals surface area contributed by atoms with Crippen LogP contribution in [0.4, 0.5) is 5.82 Å². The average molecular weight is 282 g/mol. The molecule has 19 heavy (non-hydrogen) atoms. The van der Waals surface area contributed by atoms with Crippen LogP contribution in [0.2, 0.25) is 0 Å². The molecule has 1 saturated heterocycles. The molecule has 1 aliphatic rings. The lowest BCUT2D eigenvalue weighted by molar-refractivity contribution is 0.0527. The third-order valence-corrected chi connectivity index (χ3v) is 4.41. The molecule has 1 fully saturated rings. The predicted octanol–water partition coefficient (Wildman–Crippen LogP) is 1.58. The summed E-state index contributed by atoms with van der Waals surface area (Å²) in [4.78, 5) is 16.0. The van der Waals surface area contributed by atoms with Crippen LogP contribution in [0.25, 0.3) is 0 Å². The molecule has 2 heterocycles. The number of hydrogen-bond acceptors (Lipinski definition) is 5. The Hall–Kier alpha value is -1.43. The molecule has 6 heteroatoms. The Bertz CT molecular complexity index is 469. The van der Waals surface area contributed by atoms with Crippen molar-refractivity contribution in [3.63, 3.8) is 0 Å². The number of nitrogens with zero attached hydrogens (tertiary/aromatic N) is 1. The number of carbonyl (C=O) groups is 1. The first-order valence-electron chi connectivity index (χ1n) is 6.44. The van der Waals surface area contributed by atoms with Gasteiger partial charge in [0.2, 0.25) is 0 Å². The van der Waals surface area contributed by atoms with E-state index in [1.165, 1.54) is 0 Å². The number of anilines is 1. The van der Waals surface area contributed by atoms with Crippen LogP contribution >= 0.6 is 0 Å². The van der Waals surface area contributed by atoms with Gasteiger partial charge in [0, 0.05) is 34.5 Å². The van der Waals surface area contributed by atoms with E-state index < -0.39 is 10.8 Å². The van der Waals surface area contributed by atoms with Crippen LogP contribution in [0.1, 0.15) is 30.1 Å². The van der Waals surface area contributed by atoms with Crippen molar-refractivity contribution in [2.45, 2.75) is 25.8 Å². The summed E-state index contributed by atoms with van der Waals surface area (Å²) in [6, 6.07) is 3.64. The van der Waals surface area contributed by atoms with Gasteiger partial charge in [-0.05, 0) is 31.9 Å². The largest absolute Gasteiger partial charge is 0.462 e. The van der Waals surface area contributed by atoms with Crippen LogP contribution in [-0.4, -0.2) is 39.3 Å². The van der Waals surface area contributed by atoms with Crippen LogP contribution in [0.3, 0.4) is 0 Å². The molecule has 0 atom stereocenters. The molecule has 0 aliphatic carbocycles. The minimum absolute atomic E-state index is 0.223. The van der Waals surface area contributed by atoms with Crippen molar-refractivity contribution < 1.29 is 13.7 Å². The molecule has 0 radical (unpaired) electrons. The number of hydrogen-bond donors (Lipinski definition) is 1. The first-order chi connectivity index (χ1) is 9.20. The molecule has 0 bridgehead atoms. The van der Waals surface area contributed by atoms with Crippen molar-refractivity contribution in [3.05, 3.63) is 23.9 Å². The summed E-state index contributed by atoms with van der Waals surface area (Å²) in [6.45, 7) is 2.12. The molecule has 5 nitrogen and oxygen atoms in total. The summed E-state index contributed by atoms with van der Waals surface area (Å²) in [5, 5.41) is 3.26. The Labute approximate surface area is 115 Å².